The van der Waals surface area contributed by atoms with Crippen molar-refractivity contribution in [1.29, 1.82) is 0 Å². The van der Waals surface area contributed by atoms with Gasteiger partial charge in [0.25, 0.3) is 0 Å². The molecule has 0 radical (unpaired) electrons. The number of rotatable bonds is 4. The zero-order chi connectivity index (χ0) is 12.1. The lowest BCUT2D eigenvalue weighted by Crippen LogP contribution is -2.35. The second kappa shape index (κ2) is 6.42. The first-order chi connectivity index (χ1) is 7.54. The van der Waals surface area contributed by atoms with E-state index in [-0.39, 0.29) is 5.91 Å². The molecule has 5 heteroatoms. The van der Waals surface area contributed by atoms with Crippen molar-refractivity contribution in [1.82, 2.24) is 0 Å². The lowest BCUT2D eigenvalue weighted by atomic mass is 10.1. The Hall–Kier alpha value is -0.330. The van der Waals surface area contributed by atoms with E-state index in [4.69, 9.17) is 17.3 Å². The lowest BCUT2D eigenvalue weighted by molar-refractivity contribution is -0.117. The van der Waals surface area contributed by atoms with Gasteiger partial charge in [0.05, 0.1) is 16.8 Å². The maximum atomic E-state index is 11.6. The Kier molecular flexibility index (Phi) is 5.51. The van der Waals surface area contributed by atoms with Gasteiger partial charge in [-0.1, -0.05) is 24.9 Å². The Balaban J connectivity index is 2.69. The third kappa shape index (κ3) is 3.92. The van der Waals surface area contributed by atoms with Crippen molar-refractivity contribution in [3.05, 3.63) is 26.8 Å². The Bertz CT molecular complexity index is 384. The molecule has 0 saturated carbocycles. The summed E-state index contributed by atoms with van der Waals surface area (Å²) in [6, 6.07) is 4.98. The number of halogens is 2. The SMILES string of the molecule is CCCC(N)C(=O)Nc1ccc(I)cc1Cl. The van der Waals surface area contributed by atoms with Gasteiger partial charge in [-0.15, -0.1) is 0 Å². The van der Waals surface area contributed by atoms with E-state index in [0.29, 0.717) is 17.1 Å². The second-order valence-corrected chi connectivity index (χ2v) is 5.16. The van der Waals surface area contributed by atoms with Gasteiger partial charge in [-0.05, 0) is 47.2 Å². The standard InChI is InChI=1S/C11H14ClIN2O/c1-2-3-9(14)11(16)15-10-5-4-7(13)6-8(10)12/h4-6,9H,2-3,14H2,1H3,(H,15,16). The maximum absolute atomic E-state index is 11.6. The molecular weight excluding hydrogens is 338 g/mol. The van der Waals surface area contributed by atoms with Gasteiger partial charge in [-0.3, -0.25) is 4.79 Å². The lowest BCUT2D eigenvalue weighted by Gasteiger charge is -2.12. The number of carbonyl (C=O) groups excluding carboxylic acids is 1. The number of anilines is 1. The van der Waals surface area contributed by atoms with Gasteiger partial charge in [0, 0.05) is 3.57 Å². The van der Waals surface area contributed by atoms with Crippen LogP contribution in [0.1, 0.15) is 19.8 Å². The molecule has 0 aliphatic heterocycles. The molecule has 0 fully saturated rings. The molecule has 0 spiro atoms. The fraction of sp³-hybridized carbons (Fsp3) is 0.364. The second-order valence-electron chi connectivity index (χ2n) is 3.51. The zero-order valence-electron chi connectivity index (χ0n) is 8.97. The number of benzene rings is 1. The summed E-state index contributed by atoms with van der Waals surface area (Å²) >= 11 is 8.16. The average Bonchev–Trinajstić information content (AvgIpc) is 2.22. The quantitative estimate of drug-likeness (QED) is 0.819. The molecule has 0 aliphatic rings. The smallest absolute Gasteiger partial charge is 0.241 e. The number of carbonyl (C=O) groups is 1. The molecule has 88 valence electrons. The molecule has 0 bridgehead atoms. The molecule has 3 nitrogen and oxygen atoms in total. The van der Waals surface area contributed by atoms with Crippen LogP contribution in [0.25, 0.3) is 0 Å². The molecule has 0 aliphatic carbocycles. The molecule has 0 saturated heterocycles. The third-order valence-corrected chi connectivity index (χ3v) is 3.11. The van der Waals surface area contributed by atoms with Crippen molar-refractivity contribution < 1.29 is 4.79 Å². The van der Waals surface area contributed by atoms with E-state index < -0.39 is 6.04 Å². The molecule has 1 rings (SSSR count). The van der Waals surface area contributed by atoms with Crippen LogP contribution >= 0.6 is 34.2 Å². The van der Waals surface area contributed by atoms with E-state index in [0.717, 1.165) is 9.99 Å². The van der Waals surface area contributed by atoms with Crippen LogP contribution in [0, 0.1) is 3.57 Å². The Morgan fingerprint density at radius 2 is 2.31 bits per heavy atom. The van der Waals surface area contributed by atoms with E-state index in [9.17, 15) is 4.79 Å². The van der Waals surface area contributed by atoms with Crippen LogP contribution in [0.2, 0.25) is 5.02 Å². The molecule has 3 N–H and O–H groups in total. The first-order valence-electron chi connectivity index (χ1n) is 5.06. The highest BCUT2D eigenvalue weighted by atomic mass is 127. The average molecular weight is 353 g/mol. The molecule has 0 heterocycles. The first-order valence-corrected chi connectivity index (χ1v) is 6.51. The summed E-state index contributed by atoms with van der Waals surface area (Å²) in [6.07, 6.45) is 1.56. The third-order valence-electron chi connectivity index (χ3n) is 2.13. The summed E-state index contributed by atoms with van der Waals surface area (Å²) < 4.78 is 1.03. The number of hydrogen-bond acceptors (Lipinski definition) is 2. The Morgan fingerprint density at radius 1 is 1.62 bits per heavy atom. The number of nitrogens with two attached hydrogens (primary N) is 1. The van der Waals surface area contributed by atoms with E-state index in [1.807, 2.05) is 13.0 Å². The highest BCUT2D eigenvalue weighted by Crippen LogP contribution is 2.23. The van der Waals surface area contributed by atoms with Gasteiger partial charge in [0.15, 0.2) is 0 Å². The predicted octanol–water partition coefficient (Wildman–Crippen LogP) is 3.01. The molecule has 1 amide bonds. The maximum Gasteiger partial charge on any atom is 0.241 e. The molecule has 0 aromatic heterocycles. The minimum Gasteiger partial charge on any atom is -0.323 e. The highest BCUT2D eigenvalue weighted by molar-refractivity contribution is 14.1. The summed E-state index contributed by atoms with van der Waals surface area (Å²) in [5.41, 5.74) is 6.31. The minimum atomic E-state index is -0.472. The van der Waals surface area contributed by atoms with Crippen LogP contribution in [0.15, 0.2) is 18.2 Å². The topological polar surface area (TPSA) is 55.1 Å². The molecule has 1 aromatic rings. The van der Waals surface area contributed by atoms with Gasteiger partial charge < -0.3 is 11.1 Å². The van der Waals surface area contributed by atoms with Crippen LogP contribution in [0.4, 0.5) is 5.69 Å². The predicted molar refractivity (Wildman–Crippen MR) is 75.7 cm³/mol. The van der Waals surface area contributed by atoms with Crippen molar-refractivity contribution in [3.8, 4) is 0 Å². The first kappa shape index (κ1) is 13.7. The van der Waals surface area contributed by atoms with E-state index in [2.05, 4.69) is 27.9 Å². The van der Waals surface area contributed by atoms with Crippen LogP contribution in [0.5, 0.6) is 0 Å². The van der Waals surface area contributed by atoms with E-state index in [1.54, 1.807) is 12.1 Å². The van der Waals surface area contributed by atoms with E-state index >= 15 is 0 Å². The minimum absolute atomic E-state index is 0.190. The zero-order valence-corrected chi connectivity index (χ0v) is 11.9. The van der Waals surface area contributed by atoms with Crippen LogP contribution in [-0.2, 0) is 4.79 Å². The fourth-order valence-corrected chi connectivity index (χ4v) is 2.16. The Labute approximate surface area is 114 Å². The van der Waals surface area contributed by atoms with Gasteiger partial charge in [0.1, 0.15) is 0 Å². The van der Waals surface area contributed by atoms with Crippen molar-refractivity contribution in [2.45, 2.75) is 25.8 Å². The summed E-state index contributed by atoms with van der Waals surface area (Å²) in [6.45, 7) is 1.99. The summed E-state index contributed by atoms with van der Waals surface area (Å²) in [7, 11) is 0. The number of hydrogen-bond donors (Lipinski definition) is 2. The molecular formula is C11H14ClIN2O. The highest BCUT2D eigenvalue weighted by Gasteiger charge is 2.13. The molecule has 1 aromatic carbocycles. The number of amides is 1. The molecule has 1 unspecified atom stereocenters. The molecule has 16 heavy (non-hydrogen) atoms. The summed E-state index contributed by atoms with van der Waals surface area (Å²) in [5, 5.41) is 3.25. The monoisotopic (exact) mass is 352 g/mol. The van der Waals surface area contributed by atoms with Gasteiger partial charge in [0.2, 0.25) is 5.91 Å². The van der Waals surface area contributed by atoms with Crippen LogP contribution in [-0.4, -0.2) is 11.9 Å². The van der Waals surface area contributed by atoms with Crippen molar-refractivity contribution in [2.24, 2.45) is 5.73 Å². The molecule has 1 atom stereocenters. The number of nitrogens with one attached hydrogen (secondary N) is 1. The largest absolute Gasteiger partial charge is 0.323 e. The van der Waals surface area contributed by atoms with Gasteiger partial charge in [-0.2, -0.15) is 0 Å². The van der Waals surface area contributed by atoms with Gasteiger partial charge in [-0.25, -0.2) is 0 Å². The van der Waals surface area contributed by atoms with Crippen LogP contribution in [0.3, 0.4) is 0 Å². The van der Waals surface area contributed by atoms with Crippen LogP contribution < -0.4 is 11.1 Å². The van der Waals surface area contributed by atoms with Crippen molar-refractivity contribution in [2.75, 3.05) is 5.32 Å². The van der Waals surface area contributed by atoms with E-state index in [1.165, 1.54) is 0 Å². The summed E-state index contributed by atoms with van der Waals surface area (Å²) in [5.74, 6) is -0.190. The van der Waals surface area contributed by atoms with Crippen molar-refractivity contribution in [3.63, 3.8) is 0 Å². The normalized spacial score (nSPS) is 12.2. The van der Waals surface area contributed by atoms with Gasteiger partial charge >= 0.3 is 0 Å². The Morgan fingerprint density at radius 3 is 2.88 bits per heavy atom. The van der Waals surface area contributed by atoms with Crippen molar-refractivity contribution >= 4 is 45.8 Å². The summed E-state index contributed by atoms with van der Waals surface area (Å²) in [4.78, 5) is 11.6. The fourth-order valence-electron chi connectivity index (χ4n) is 1.26.